The van der Waals surface area contributed by atoms with Gasteiger partial charge in [0, 0.05) is 12.8 Å². The molecular formula is C9H20O4. The number of rotatable bonds is 6. The molecule has 0 bridgehead atoms. The Labute approximate surface area is 79.5 Å². The van der Waals surface area contributed by atoms with Gasteiger partial charge in [0.05, 0.1) is 26.4 Å². The van der Waals surface area contributed by atoms with E-state index >= 15 is 0 Å². The Bertz CT molecular complexity index is 93.8. The van der Waals surface area contributed by atoms with Gasteiger partial charge in [-0.1, -0.05) is 13.8 Å². The average Bonchev–Trinajstić information content (AvgIpc) is 2.18. The standard InChI is InChI=1S/C5H10O.C4H10O3/c1-3-5(6)4-2;5-1-3-7-4-2-6/h3-4H2,1-2H3;5-6H,1-4H2. The van der Waals surface area contributed by atoms with E-state index in [-0.39, 0.29) is 13.2 Å². The number of aliphatic hydroxyl groups excluding tert-OH is 2. The molecule has 0 radical (unpaired) electrons. The summed E-state index contributed by atoms with van der Waals surface area (Å²) in [5, 5.41) is 16.2. The van der Waals surface area contributed by atoms with Crippen molar-refractivity contribution in [3.8, 4) is 0 Å². The first-order chi connectivity index (χ1) is 6.22. The first kappa shape index (κ1) is 15.0. The van der Waals surface area contributed by atoms with Crippen LogP contribution in [0.15, 0.2) is 0 Å². The highest BCUT2D eigenvalue weighted by Gasteiger charge is 1.86. The molecule has 0 aromatic rings. The highest BCUT2D eigenvalue weighted by atomic mass is 16.5. The molecule has 0 spiro atoms. The van der Waals surface area contributed by atoms with Gasteiger partial charge in [0.15, 0.2) is 0 Å². The number of ether oxygens (including phenoxy) is 1. The zero-order chi connectivity index (χ0) is 10.5. The molecule has 0 saturated heterocycles. The minimum atomic E-state index is 0.0278. The topological polar surface area (TPSA) is 66.8 Å². The lowest BCUT2D eigenvalue weighted by molar-refractivity contribution is -0.118. The lowest BCUT2D eigenvalue weighted by atomic mass is 10.3. The molecule has 0 fully saturated rings. The van der Waals surface area contributed by atoms with Crippen molar-refractivity contribution in [2.75, 3.05) is 26.4 Å². The van der Waals surface area contributed by atoms with Gasteiger partial charge in [-0.15, -0.1) is 0 Å². The fourth-order valence-electron chi connectivity index (χ4n) is 0.481. The molecule has 0 unspecified atom stereocenters. The lowest BCUT2D eigenvalue weighted by Crippen LogP contribution is -2.03. The van der Waals surface area contributed by atoms with Crippen LogP contribution >= 0.6 is 0 Å². The number of Topliss-reactive ketones (excluding diaryl/α,β-unsaturated/α-hetero) is 1. The smallest absolute Gasteiger partial charge is 0.132 e. The van der Waals surface area contributed by atoms with Gasteiger partial charge < -0.3 is 14.9 Å². The van der Waals surface area contributed by atoms with E-state index in [4.69, 9.17) is 10.2 Å². The number of hydrogen-bond acceptors (Lipinski definition) is 4. The van der Waals surface area contributed by atoms with Gasteiger partial charge >= 0.3 is 0 Å². The van der Waals surface area contributed by atoms with Gasteiger partial charge in [-0.25, -0.2) is 0 Å². The molecular weight excluding hydrogens is 172 g/mol. The first-order valence-electron chi connectivity index (χ1n) is 4.54. The van der Waals surface area contributed by atoms with E-state index in [2.05, 4.69) is 4.74 Å². The normalized spacial score (nSPS) is 8.92. The van der Waals surface area contributed by atoms with Crippen molar-refractivity contribution in [1.29, 1.82) is 0 Å². The van der Waals surface area contributed by atoms with Gasteiger partial charge in [-0.05, 0) is 0 Å². The minimum Gasteiger partial charge on any atom is -0.394 e. The summed E-state index contributed by atoms with van der Waals surface area (Å²) in [5.74, 6) is 0.343. The van der Waals surface area contributed by atoms with Crippen molar-refractivity contribution in [1.82, 2.24) is 0 Å². The van der Waals surface area contributed by atoms with Crippen LogP contribution in [0.3, 0.4) is 0 Å². The molecule has 2 N–H and O–H groups in total. The molecule has 13 heavy (non-hydrogen) atoms. The van der Waals surface area contributed by atoms with Crippen LogP contribution in [0.2, 0.25) is 0 Å². The van der Waals surface area contributed by atoms with Gasteiger partial charge in [0.25, 0.3) is 0 Å². The van der Waals surface area contributed by atoms with Crippen LogP contribution in [0.1, 0.15) is 26.7 Å². The number of hydrogen-bond donors (Lipinski definition) is 2. The van der Waals surface area contributed by atoms with Crippen LogP contribution in [0.4, 0.5) is 0 Å². The molecule has 0 heterocycles. The Hall–Kier alpha value is -0.450. The van der Waals surface area contributed by atoms with Crippen LogP contribution < -0.4 is 0 Å². The van der Waals surface area contributed by atoms with Crippen molar-refractivity contribution < 1.29 is 19.7 Å². The SMILES string of the molecule is CCC(=O)CC.OCCOCCO. The minimum absolute atomic E-state index is 0.0278. The van der Waals surface area contributed by atoms with Crippen LogP contribution in [0.25, 0.3) is 0 Å². The van der Waals surface area contributed by atoms with Crippen LogP contribution in [-0.2, 0) is 9.53 Å². The van der Waals surface area contributed by atoms with Crippen LogP contribution in [0, 0.1) is 0 Å². The largest absolute Gasteiger partial charge is 0.394 e. The zero-order valence-corrected chi connectivity index (χ0v) is 8.45. The molecule has 0 aliphatic heterocycles. The molecule has 4 heteroatoms. The summed E-state index contributed by atoms with van der Waals surface area (Å²) >= 11 is 0. The molecule has 80 valence electrons. The van der Waals surface area contributed by atoms with Gasteiger partial charge in [0.1, 0.15) is 5.78 Å². The van der Waals surface area contributed by atoms with Crippen molar-refractivity contribution in [3.63, 3.8) is 0 Å². The Morgan fingerprint density at radius 2 is 1.46 bits per heavy atom. The summed E-state index contributed by atoms with van der Waals surface area (Å²) in [6.07, 6.45) is 1.38. The molecule has 0 aromatic heterocycles. The summed E-state index contributed by atoms with van der Waals surface area (Å²) in [4.78, 5) is 10.2. The Balaban J connectivity index is 0. The van der Waals surface area contributed by atoms with Crippen molar-refractivity contribution in [2.45, 2.75) is 26.7 Å². The third-order valence-electron chi connectivity index (χ3n) is 1.26. The summed E-state index contributed by atoms with van der Waals surface area (Å²) in [6, 6.07) is 0. The van der Waals surface area contributed by atoms with E-state index in [0.717, 1.165) is 0 Å². The third kappa shape index (κ3) is 18.5. The second-order valence-corrected chi connectivity index (χ2v) is 2.31. The predicted octanol–water partition coefficient (Wildman–Crippen LogP) is 0.363. The van der Waals surface area contributed by atoms with Gasteiger partial charge in [-0.3, -0.25) is 4.79 Å². The number of carbonyl (C=O) groups excluding carboxylic acids is 1. The Kier molecular flexibility index (Phi) is 16.3. The van der Waals surface area contributed by atoms with Crippen molar-refractivity contribution in [2.24, 2.45) is 0 Å². The number of ketones is 1. The molecule has 0 rings (SSSR count). The lowest BCUT2D eigenvalue weighted by Gasteiger charge is -1.94. The molecule has 0 atom stereocenters. The fraction of sp³-hybridized carbons (Fsp3) is 0.889. The molecule has 0 aliphatic carbocycles. The van der Waals surface area contributed by atoms with Crippen molar-refractivity contribution >= 4 is 5.78 Å². The highest BCUT2D eigenvalue weighted by molar-refractivity contribution is 5.77. The molecule has 4 nitrogen and oxygen atoms in total. The monoisotopic (exact) mass is 192 g/mol. The third-order valence-corrected chi connectivity index (χ3v) is 1.26. The fourth-order valence-corrected chi connectivity index (χ4v) is 0.481. The number of carbonyl (C=O) groups is 1. The average molecular weight is 192 g/mol. The summed E-state index contributed by atoms with van der Waals surface area (Å²) in [6.45, 7) is 4.46. The highest BCUT2D eigenvalue weighted by Crippen LogP contribution is 1.83. The van der Waals surface area contributed by atoms with E-state index in [1.165, 1.54) is 0 Å². The van der Waals surface area contributed by atoms with Crippen LogP contribution in [0.5, 0.6) is 0 Å². The molecule has 0 aliphatic rings. The van der Waals surface area contributed by atoms with Gasteiger partial charge in [0.2, 0.25) is 0 Å². The van der Waals surface area contributed by atoms with E-state index in [1.54, 1.807) is 0 Å². The summed E-state index contributed by atoms with van der Waals surface area (Å²) < 4.78 is 4.63. The van der Waals surface area contributed by atoms with E-state index in [0.29, 0.717) is 31.8 Å². The zero-order valence-electron chi connectivity index (χ0n) is 8.45. The maximum absolute atomic E-state index is 10.2. The van der Waals surface area contributed by atoms with E-state index < -0.39 is 0 Å². The molecule has 0 aromatic carbocycles. The van der Waals surface area contributed by atoms with Crippen LogP contribution in [-0.4, -0.2) is 42.4 Å². The second kappa shape index (κ2) is 14.1. The Morgan fingerprint density at radius 3 is 1.62 bits per heavy atom. The summed E-state index contributed by atoms with van der Waals surface area (Å²) in [5.41, 5.74) is 0. The van der Waals surface area contributed by atoms with E-state index in [9.17, 15) is 4.79 Å². The number of aliphatic hydroxyl groups is 2. The van der Waals surface area contributed by atoms with E-state index in [1.807, 2.05) is 13.8 Å². The molecule has 0 saturated carbocycles. The molecule has 0 amide bonds. The maximum Gasteiger partial charge on any atom is 0.132 e. The quantitative estimate of drug-likeness (QED) is 0.596. The first-order valence-corrected chi connectivity index (χ1v) is 4.54. The Morgan fingerprint density at radius 1 is 1.08 bits per heavy atom. The predicted molar refractivity (Wildman–Crippen MR) is 50.6 cm³/mol. The van der Waals surface area contributed by atoms with Gasteiger partial charge in [-0.2, -0.15) is 0 Å². The summed E-state index contributed by atoms with van der Waals surface area (Å²) in [7, 11) is 0. The maximum atomic E-state index is 10.2. The second-order valence-electron chi connectivity index (χ2n) is 2.31. The van der Waals surface area contributed by atoms with Crippen molar-refractivity contribution in [3.05, 3.63) is 0 Å².